The third kappa shape index (κ3) is 1.61. The summed E-state index contributed by atoms with van der Waals surface area (Å²) in [5.74, 6) is -4.03. The van der Waals surface area contributed by atoms with E-state index in [1.165, 1.54) is 6.07 Å². The Morgan fingerprint density at radius 2 is 2.10 bits per heavy atom. The number of carbonyl (C=O) groups excluding carboxylic acids is 1. The second-order valence-electron chi connectivity index (χ2n) is 4.78. The van der Waals surface area contributed by atoms with Crippen LogP contribution >= 0.6 is 27.5 Å². The van der Waals surface area contributed by atoms with Crippen molar-refractivity contribution in [3.63, 3.8) is 0 Å². The number of hydrogen-bond donors (Lipinski definition) is 2. The molecule has 108 valence electrons. The third-order valence-electron chi connectivity index (χ3n) is 3.63. The van der Waals surface area contributed by atoms with Crippen LogP contribution in [0.5, 0.6) is 0 Å². The molecule has 0 saturated carbocycles. The van der Waals surface area contributed by atoms with Crippen LogP contribution in [0.4, 0.5) is 8.78 Å². The van der Waals surface area contributed by atoms with Gasteiger partial charge in [-0.2, -0.15) is 0 Å². The van der Waals surface area contributed by atoms with Crippen molar-refractivity contribution in [3.8, 4) is 0 Å². The van der Waals surface area contributed by atoms with Gasteiger partial charge in [-0.25, -0.2) is 8.78 Å². The van der Waals surface area contributed by atoms with Gasteiger partial charge in [0.1, 0.15) is 5.69 Å². The highest BCUT2D eigenvalue weighted by Gasteiger charge is 2.62. The van der Waals surface area contributed by atoms with Gasteiger partial charge in [0.15, 0.2) is 5.66 Å². The van der Waals surface area contributed by atoms with Crippen LogP contribution < -0.4 is 16.2 Å². The first kappa shape index (κ1) is 14.0. The molecule has 5 nitrogen and oxygen atoms in total. The zero-order chi connectivity index (χ0) is 14.7. The molecule has 0 radical (unpaired) electrons. The van der Waals surface area contributed by atoms with E-state index in [2.05, 4.69) is 26.6 Å². The van der Waals surface area contributed by atoms with Crippen LogP contribution in [0.2, 0.25) is 5.02 Å². The van der Waals surface area contributed by atoms with Crippen LogP contribution in [-0.2, 0) is 5.66 Å². The number of carbonyl (C=O) groups is 1. The number of nitrogens with zero attached hydrogens (tertiary/aromatic N) is 1. The summed E-state index contributed by atoms with van der Waals surface area (Å²) in [6, 6.07) is 1.24. The predicted molar refractivity (Wildman–Crippen MR) is 71.3 cm³/mol. The second-order valence-corrected chi connectivity index (χ2v) is 6.04. The topological polar surface area (TPSA) is 63.1 Å². The Kier molecular flexibility index (Phi) is 2.97. The zero-order valence-corrected chi connectivity index (χ0v) is 12.3. The average Bonchev–Trinajstić information content (AvgIpc) is 2.65. The summed E-state index contributed by atoms with van der Waals surface area (Å²) in [5, 5.41) is 4.98. The molecule has 0 aromatic carbocycles. The summed E-state index contributed by atoms with van der Waals surface area (Å²) in [7, 11) is 0. The van der Waals surface area contributed by atoms with E-state index < -0.39 is 29.5 Å². The van der Waals surface area contributed by atoms with Crippen LogP contribution in [0, 0.1) is 0 Å². The summed E-state index contributed by atoms with van der Waals surface area (Å²) < 4.78 is 29.6. The van der Waals surface area contributed by atoms with Gasteiger partial charge in [0.05, 0.1) is 9.50 Å². The maximum Gasteiger partial charge on any atom is 0.291 e. The number of piperidine rings is 1. The van der Waals surface area contributed by atoms with Crippen LogP contribution in [0.3, 0.4) is 0 Å². The van der Waals surface area contributed by atoms with Crippen molar-refractivity contribution in [2.75, 3.05) is 13.1 Å². The molecule has 1 amide bonds. The van der Waals surface area contributed by atoms with Gasteiger partial charge in [0, 0.05) is 19.5 Å². The third-order valence-corrected chi connectivity index (χ3v) is 4.49. The molecule has 1 fully saturated rings. The molecule has 1 spiro atoms. The van der Waals surface area contributed by atoms with E-state index in [0.717, 1.165) is 4.57 Å². The molecular weight excluding hydrogens is 359 g/mol. The highest BCUT2D eigenvalue weighted by Crippen LogP contribution is 2.42. The number of aromatic nitrogens is 1. The highest BCUT2D eigenvalue weighted by molar-refractivity contribution is 9.10. The standard InChI is InChI=1S/C11H9BrClF2N3O2/c12-5-3-6(13)7-8(19)17-11(18(7)9(5)20)4-16-2-1-10(11,14)15/h3,16H,1-2,4H2,(H,17,19). The number of halogens is 4. The Bertz CT molecular complexity index is 678. The van der Waals surface area contributed by atoms with E-state index in [-0.39, 0.29) is 28.3 Å². The number of pyridine rings is 1. The van der Waals surface area contributed by atoms with Gasteiger partial charge < -0.3 is 10.6 Å². The first-order chi connectivity index (χ1) is 9.30. The molecular formula is C11H9BrClF2N3O2. The Hall–Kier alpha value is -0.990. The van der Waals surface area contributed by atoms with Gasteiger partial charge in [0.2, 0.25) is 0 Å². The van der Waals surface area contributed by atoms with Crippen molar-refractivity contribution in [3.05, 3.63) is 31.6 Å². The molecule has 1 saturated heterocycles. The monoisotopic (exact) mass is 367 g/mol. The molecule has 1 atom stereocenters. The van der Waals surface area contributed by atoms with Gasteiger partial charge in [-0.15, -0.1) is 0 Å². The minimum absolute atomic E-state index is 0.0310. The van der Waals surface area contributed by atoms with E-state index in [9.17, 15) is 18.4 Å². The molecule has 2 N–H and O–H groups in total. The summed E-state index contributed by atoms with van der Waals surface area (Å²) in [5.41, 5.74) is -3.06. The first-order valence-electron chi connectivity index (χ1n) is 5.83. The Balaban J connectivity index is 2.36. The molecule has 1 aromatic rings. The van der Waals surface area contributed by atoms with E-state index in [1.807, 2.05) is 0 Å². The lowest BCUT2D eigenvalue weighted by molar-refractivity contribution is -0.138. The van der Waals surface area contributed by atoms with Crippen LogP contribution in [0.25, 0.3) is 0 Å². The zero-order valence-electron chi connectivity index (χ0n) is 9.97. The smallest absolute Gasteiger partial charge is 0.291 e. The lowest BCUT2D eigenvalue weighted by atomic mass is 9.95. The fraction of sp³-hybridized carbons (Fsp3) is 0.455. The number of rotatable bonds is 0. The van der Waals surface area contributed by atoms with Crippen molar-refractivity contribution in [1.29, 1.82) is 0 Å². The average molecular weight is 369 g/mol. The molecule has 1 aromatic heterocycles. The molecule has 2 aliphatic rings. The Morgan fingerprint density at radius 1 is 1.40 bits per heavy atom. The molecule has 0 aliphatic carbocycles. The fourth-order valence-corrected chi connectivity index (χ4v) is 3.48. The molecule has 0 bridgehead atoms. The highest BCUT2D eigenvalue weighted by atomic mass is 79.9. The lowest BCUT2D eigenvalue weighted by Crippen LogP contribution is -2.67. The largest absolute Gasteiger partial charge is 0.321 e. The van der Waals surface area contributed by atoms with E-state index in [4.69, 9.17) is 11.6 Å². The summed E-state index contributed by atoms with van der Waals surface area (Å²) in [6.45, 7) is -0.137. The van der Waals surface area contributed by atoms with Gasteiger partial charge in [-0.3, -0.25) is 14.2 Å². The normalized spacial score (nSPS) is 27.5. The van der Waals surface area contributed by atoms with Gasteiger partial charge >= 0.3 is 0 Å². The van der Waals surface area contributed by atoms with Gasteiger partial charge in [0.25, 0.3) is 17.4 Å². The molecule has 20 heavy (non-hydrogen) atoms. The Morgan fingerprint density at radius 3 is 2.75 bits per heavy atom. The number of amides is 1. The van der Waals surface area contributed by atoms with E-state index in [1.54, 1.807) is 0 Å². The number of hydrogen-bond acceptors (Lipinski definition) is 3. The maximum absolute atomic E-state index is 14.4. The number of nitrogens with one attached hydrogen (secondary N) is 2. The summed E-state index contributed by atoms with van der Waals surface area (Å²) in [6.07, 6.45) is -0.483. The molecule has 3 rings (SSSR count). The van der Waals surface area contributed by atoms with Crippen molar-refractivity contribution >= 4 is 33.4 Å². The van der Waals surface area contributed by atoms with Crippen LogP contribution in [-0.4, -0.2) is 29.5 Å². The van der Waals surface area contributed by atoms with Crippen LogP contribution in [0.1, 0.15) is 16.9 Å². The van der Waals surface area contributed by atoms with Gasteiger partial charge in [-0.05, 0) is 22.0 Å². The van der Waals surface area contributed by atoms with Crippen LogP contribution in [0.15, 0.2) is 15.3 Å². The van der Waals surface area contributed by atoms with Crippen molar-refractivity contribution < 1.29 is 13.6 Å². The van der Waals surface area contributed by atoms with Crippen molar-refractivity contribution in [2.24, 2.45) is 0 Å². The molecule has 3 heterocycles. The fourth-order valence-electron chi connectivity index (χ4n) is 2.66. The Labute approximate surface area is 125 Å². The summed E-state index contributed by atoms with van der Waals surface area (Å²) in [4.78, 5) is 24.2. The van der Waals surface area contributed by atoms with E-state index in [0.29, 0.717) is 0 Å². The predicted octanol–water partition coefficient (Wildman–Crippen LogP) is 1.29. The number of fused-ring (bicyclic) bond motifs is 2. The minimum atomic E-state index is -3.26. The maximum atomic E-state index is 14.4. The second kappa shape index (κ2) is 4.25. The first-order valence-corrected chi connectivity index (χ1v) is 7.00. The van der Waals surface area contributed by atoms with Crippen molar-refractivity contribution in [2.45, 2.75) is 18.0 Å². The quantitative estimate of drug-likeness (QED) is 0.725. The van der Waals surface area contributed by atoms with Gasteiger partial charge in [-0.1, -0.05) is 11.6 Å². The summed E-state index contributed by atoms with van der Waals surface area (Å²) >= 11 is 8.91. The van der Waals surface area contributed by atoms with E-state index >= 15 is 0 Å². The minimum Gasteiger partial charge on any atom is -0.321 e. The number of alkyl halides is 2. The molecule has 9 heteroatoms. The van der Waals surface area contributed by atoms with Crippen molar-refractivity contribution in [1.82, 2.24) is 15.2 Å². The SMILES string of the molecule is O=C1NC2(CNCCC2(F)F)n2c1c(Cl)cc(Br)c2=O. The lowest BCUT2D eigenvalue weighted by Gasteiger charge is -2.42. The molecule has 2 aliphatic heterocycles. The molecule has 1 unspecified atom stereocenters.